The van der Waals surface area contributed by atoms with Crippen LogP contribution in [0, 0.1) is 5.92 Å². The second-order valence-corrected chi connectivity index (χ2v) is 4.88. The Morgan fingerprint density at radius 3 is 2.64 bits per heavy atom. The van der Waals surface area contributed by atoms with Crippen molar-refractivity contribution in [3.8, 4) is 0 Å². The van der Waals surface area contributed by atoms with E-state index in [0.29, 0.717) is 0 Å². The second-order valence-electron chi connectivity index (χ2n) is 3.89. The van der Waals surface area contributed by atoms with Crippen molar-refractivity contribution < 1.29 is 4.74 Å². The van der Waals surface area contributed by atoms with Gasteiger partial charge in [-0.25, -0.2) is 0 Å². The molecule has 0 saturated heterocycles. The first-order valence-electron chi connectivity index (χ1n) is 5.54. The van der Waals surface area contributed by atoms with Crippen LogP contribution in [0.5, 0.6) is 0 Å². The molecule has 0 aliphatic rings. The molecule has 0 heterocycles. The van der Waals surface area contributed by atoms with Gasteiger partial charge >= 0.3 is 0 Å². The Morgan fingerprint density at radius 2 is 2.00 bits per heavy atom. The first-order valence-corrected chi connectivity index (χ1v) is 6.94. The molecule has 0 unspecified atom stereocenters. The van der Waals surface area contributed by atoms with Gasteiger partial charge < -0.3 is 10.1 Å². The summed E-state index contributed by atoms with van der Waals surface area (Å²) in [6, 6.07) is 0. The van der Waals surface area contributed by atoms with E-state index in [2.05, 4.69) is 25.4 Å². The number of hydrogen-bond acceptors (Lipinski definition) is 3. The van der Waals surface area contributed by atoms with Gasteiger partial charge in [0.1, 0.15) is 0 Å². The van der Waals surface area contributed by atoms with Crippen LogP contribution in [0.1, 0.15) is 26.7 Å². The smallest absolute Gasteiger partial charge is 0.0590 e. The summed E-state index contributed by atoms with van der Waals surface area (Å²) >= 11 is 1.91. The average Bonchev–Trinajstić information content (AvgIpc) is 2.15. The summed E-state index contributed by atoms with van der Waals surface area (Å²) in [6.07, 6.45) is 4.58. The topological polar surface area (TPSA) is 21.3 Å². The van der Waals surface area contributed by atoms with Crippen LogP contribution in [0.25, 0.3) is 0 Å². The van der Waals surface area contributed by atoms with Crippen LogP contribution >= 0.6 is 11.8 Å². The Balaban J connectivity index is 2.85. The lowest BCUT2D eigenvalue weighted by Gasteiger charge is -2.07. The van der Waals surface area contributed by atoms with E-state index in [4.69, 9.17) is 4.74 Å². The van der Waals surface area contributed by atoms with Gasteiger partial charge in [-0.05, 0) is 37.3 Å². The summed E-state index contributed by atoms with van der Waals surface area (Å²) in [4.78, 5) is 0. The van der Waals surface area contributed by atoms with Crippen molar-refractivity contribution in [1.29, 1.82) is 0 Å². The van der Waals surface area contributed by atoms with Crippen LogP contribution in [-0.2, 0) is 4.74 Å². The van der Waals surface area contributed by atoms with E-state index in [1.54, 1.807) is 0 Å². The van der Waals surface area contributed by atoms with Crippen molar-refractivity contribution in [2.75, 3.05) is 38.3 Å². The Labute approximate surface area is 93.2 Å². The maximum Gasteiger partial charge on any atom is 0.0590 e. The molecular weight excluding hydrogens is 194 g/mol. The summed E-state index contributed by atoms with van der Waals surface area (Å²) in [5.41, 5.74) is 0. The van der Waals surface area contributed by atoms with Gasteiger partial charge in [-0.15, -0.1) is 0 Å². The van der Waals surface area contributed by atoms with Gasteiger partial charge in [0.15, 0.2) is 0 Å². The molecule has 0 aliphatic carbocycles. The lowest BCUT2D eigenvalue weighted by Crippen LogP contribution is -2.21. The molecule has 86 valence electrons. The summed E-state index contributed by atoms with van der Waals surface area (Å²) in [5, 5.41) is 3.37. The van der Waals surface area contributed by atoms with Crippen molar-refractivity contribution >= 4 is 11.8 Å². The van der Waals surface area contributed by atoms with Crippen LogP contribution in [0.2, 0.25) is 0 Å². The summed E-state index contributed by atoms with van der Waals surface area (Å²) in [6.45, 7) is 8.32. The Morgan fingerprint density at radius 1 is 1.21 bits per heavy atom. The highest BCUT2D eigenvalue weighted by Gasteiger charge is 1.93. The number of ether oxygens (including phenoxy) is 1. The SMILES string of the molecule is CSCCCNCCOCCC(C)C. The zero-order valence-electron chi connectivity index (χ0n) is 9.84. The lowest BCUT2D eigenvalue weighted by molar-refractivity contribution is 0.125. The van der Waals surface area contributed by atoms with Crippen molar-refractivity contribution in [3.63, 3.8) is 0 Å². The van der Waals surface area contributed by atoms with Crippen LogP contribution in [0.15, 0.2) is 0 Å². The molecule has 0 aromatic heterocycles. The van der Waals surface area contributed by atoms with E-state index in [1.165, 1.54) is 18.6 Å². The minimum absolute atomic E-state index is 0.754. The molecule has 0 aromatic rings. The third-order valence-electron chi connectivity index (χ3n) is 1.96. The highest BCUT2D eigenvalue weighted by molar-refractivity contribution is 7.98. The molecule has 0 atom stereocenters. The number of rotatable bonds is 10. The molecule has 0 rings (SSSR count). The average molecular weight is 219 g/mol. The number of thioether (sulfide) groups is 1. The summed E-state index contributed by atoms with van der Waals surface area (Å²) in [5.74, 6) is 2.01. The molecule has 0 radical (unpaired) electrons. The van der Waals surface area contributed by atoms with E-state index in [1.807, 2.05) is 11.8 Å². The minimum Gasteiger partial charge on any atom is -0.380 e. The molecule has 0 spiro atoms. The molecule has 3 heteroatoms. The Bertz CT molecular complexity index is 109. The Kier molecular flexibility index (Phi) is 11.6. The van der Waals surface area contributed by atoms with Crippen molar-refractivity contribution in [1.82, 2.24) is 5.32 Å². The van der Waals surface area contributed by atoms with Gasteiger partial charge in [0.2, 0.25) is 0 Å². The zero-order valence-corrected chi connectivity index (χ0v) is 10.7. The largest absolute Gasteiger partial charge is 0.380 e. The minimum atomic E-state index is 0.754. The molecule has 0 bridgehead atoms. The molecule has 1 N–H and O–H groups in total. The number of nitrogens with one attached hydrogen (secondary N) is 1. The fourth-order valence-corrected chi connectivity index (χ4v) is 1.46. The van der Waals surface area contributed by atoms with E-state index in [-0.39, 0.29) is 0 Å². The molecule has 0 aromatic carbocycles. The molecule has 14 heavy (non-hydrogen) atoms. The summed E-state index contributed by atoms with van der Waals surface area (Å²) in [7, 11) is 0. The van der Waals surface area contributed by atoms with Gasteiger partial charge in [-0.1, -0.05) is 13.8 Å². The third kappa shape index (κ3) is 12.3. The van der Waals surface area contributed by atoms with Gasteiger partial charge in [-0.2, -0.15) is 11.8 Å². The maximum absolute atomic E-state index is 5.48. The predicted molar refractivity (Wildman–Crippen MR) is 66.1 cm³/mol. The third-order valence-corrected chi connectivity index (χ3v) is 2.66. The van der Waals surface area contributed by atoms with Gasteiger partial charge in [0.05, 0.1) is 6.61 Å². The van der Waals surface area contributed by atoms with E-state index in [9.17, 15) is 0 Å². The number of hydrogen-bond donors (Lipinski definition) is 1. The van der Waals surface area contributed by atoms with Gasteiger partial charge in [0.25, 0.3) is 0 Å². The molecule has 2 nitrogen and oxygen atoms in total. The van der Waals surface area contributed by atoms with Crippen LogP contribution in [0.4, 0.5) is 0 Å². The second kappa shape index (κ2) is 11.3. The van der Waals surface area contributed by atoms with Gasteiger partial charge in [0, 0.05) is 13.2 Å². The molecular formula is C11H25NOS. The highest BCUT2D eigenvalue weighted by atomic mass is 32.2. The van der Waals surface area contributed by atoms with E-state index in [0.717, 1.165) is 32.2 Å². The molecule has 0 saturated carbocycles. The van der Waals surface area contributed by atoms with Crippen molar-refractivity contribution in [3.05, 3.63) is 0 Å². The normalized spacial score (nSPS) is 11.1. The first kappa shape index (κ1) is 14.3. The quantitative estimate of drug-likeness (QED) is 0.570. The van der Waals surface area contributed by atoms with Crippen LogP contribution < -0.4 is 5.32 Å². The molecule has 0 fully saturated rings. The fraction of sp³-hybridized carbons (Fsp3) is 1.00. The van der Waals surface area contributed by atoms with Gasteiger partial charge in [-0.3, -0.25) is 0 Å². The fourth-order valence-electron chi connectivity index (χ4n) is 1.03. The predicted octanol–water partition coefficient (Wildman–Crippen LogP) is 2.39. The lowest BCUT2D eigenvalue weighted by atomic mass is 10.1. The first-order chi connectivity index (χ1) is 6.77. The molecule has 0 amide bonds. The Hall–Kier alpha value is 0.270. The summed E-state index contributed by atoms with van der Waals surface area (Å²) < 4.78 is 5.48. The highest BCUT2D eigenvalue weighted by Crippen LogP contribution is 1.98. The van der Waals surface area contributed by atoms with Crippen molar-refractivity contribution in [2.45, 2.75) is 26.7 Å². The zero-order chi connectivity index (χ0) is 10.6. The standard InChI is InChI=1S/C11H25NOS/c1-11(2)5-8-13-9-7-12-6-4-10-14-3/h11-12H,4-10H2,1-3H3. The monoisotopic (exact) mass is 219 g/mol. The molecule has 0 aliphatic heterocycles. The van der Waals surface area contributed by atoms with Crippen molar-refractivity contribution in [2.24, 2.45) is 5.92 Å². The maximum atomic E-state index is 5.48. The van der Waals surface area contributed by atoms with Crippen LogP contribution in [-0.4, -0.2) is 38.3 Å². The van der Waals surface area contributed by atoms with E-state index < -0.39 is 0 Å². The van der Waals surface area contributed by atoms with E-state index >= 15 is 0 Å². The van der Waals surface area contributed by atoms with Crippen LogP contribution in [0.3, 0.4) is 0 Å².